The molecule has 0 unspecified atom stereocenters. The molecule has 1 aliphatic rings. The third kappa shape index (κ3) is 7.55. The minimum absolute atomic E-state index is 0.230. The first-order valence-electron chi connectivity index (χ1n) is 11.3. The van der Waals surface area contributed by atoms with Gasteiger partial charge >= 0.3 is 13.1 Å². The molecule has 0 aliphatic carbocycles. The maximum atomic E-state index is 12.6. The molecule has 0 spiro atoms. The van der Waals surface area contributed by atoms with Gasteiger partial charge in [-0.1, -0.05) is 57.9 Å². The van der Waals surface area contributed by atoms with Crippen LogP contribution in [0.2, 0.25) is 6.32 Å². The average molecular weight is 394 g/mol. The number of esters is 1. The van der Waals surface area contributed by atoms with Crippen LogP contribution in [0.4, 0.5) is 0 Å². The summed E-state index contributed by atoms with van der Waals surface area (Å²) in [4.78, 5) is 12.6. The summed E-state index contributed by atoms with van der Waals surface area (Å²) in [6.07, 6.45) is 12.1. The van der Waals surface area contributed by atoms with Gasteiger partial charge in [0.2, 0.25) is 0 Å². The van der Waals surface area contributed by atoms with Crippen LogP contribution < -0.4 is 0 Å². The summed E-state index contributed by atoms with van der Waals surface area (Å²) in [6.45, 7) is 12.6. The van der Waals surface area contributed by atoms with Gasteiger partial charge < -0.3 is 14.0 Å². The highest BCUT2D eigenvalue weighted by Gasteiger charge is 2.51. The largest absolute Gasteiger partial charge is 0.466 e. The van der Waals surface area contributed by atoms with Gasteiger partial charge in [0.05, 0.1) is 18.3 Å². The van der Waals surface area contributed by atoms with Gasteiger partial charge in [0.15, 0.2) is 0 Å². The Bertz CT molecular complexity index is 495. The van der Waals surface area contributed by atoms with Crippen LogP contribution >= 0.6 is 0 Å². The molecule has 1 aliphatic heterocycles. The van der Waals surface area contributed by atoms with Crippen molar-refractivity contribution in [2.24, 2.45) is 0 Å². The van der Waals surface area contributed by atoms with Crippen LogP contribution in [-0.2, 0) is 18.8 Å². The van der Waals surface area contributed by atoms with Crippen molar-refractivity contribution in [3.63, 3.8) is 0 Å². The highest BCUT2D eigenvalue weighted by molar-refractivity contribution is 6.47. The first kappa shape index (κ1) is 25.2. The van der Waals surface area contributed by atoms with E-state index < -0.39 is 7.12 Å². The van der Waals surface area contributed by atoms with E-state index in [0.29, 0.717) is 6.32 Å². The van der Waals surface area contributed by atoms with E-state index in [4.69, 9.17) is 14.0 Å². The van der Waals surface area contributed by atoms with Gasteiger partial charge in [0.1, 0.15) is 0 Å². The van der Waals surface area contributed by atoms with Crippen LogP contribution in [0.15, 0.2) is 11.1 Å². The lowest BCUT2D eigenvalue weighted by molar-refractivity contribution is -0.136. The molecule has 0 aromatic rings. The third-order valence-electron chi connectivity index (χ3n) is 6.20. The SMILES string of the molecule is CCCCCCCC/C(CCCC)=C(\CB1OC(C)(C)C(C)(C)O1)C(=O)OC. The second kappa shape index (κ2) is 12.0. The van der Waals surface area contributed by atoms with Gasteiger partial charge in [0, 0.05) is 11.9 Å². The summed E-state index contributed by atoms with van der Waals surface area (Å²) in [7, 11) is 1.06. The molecular formula is C23H43BO4. The summed E-state index contributed by atoms with van der Waals surface area (Å²) >= 11 is 0. The van der Waals surface area contributed by atoms with E-state index in [2.05, 4.69) is 13.8 Å². The lowest BCUT2D eigenvalue weighted by Crippen LogP contribution is -2.41. The zero-order valence-electron chi connectivity index (χ0n) is 19.5. The topological polar surface area (TPSA) is 44.8 Å². The van der Waals surface area contributed by atoms with Crippen molar-refractivity contribution in [2.75, 3.05) is 7.11 Å². The van der Waals surface area contributed by atoms with E-state index >= 15 is 0 Å². The molecule has 162 valence electrons. The third-order valence-corrected chi connectivity index (χ3v) is 6.20. The first-order chi connectivity index (χ1) is 13.2. The van der Waals surface area contributed by atoms with Crippen LogP contribution in [0.25, 0.3) is 0 Å². The molecule has 0 atom stereocenters. The Morgan fingerprint density at radius 3 is 1.86 bits per heavy atom. The maximum Gasteiger partial charge on any atom is 0.462 e. The molecule has 1 heterocycles. The van der Waals surface area contributed by atoms with Crippen molar-refractivity contribution >= 4 is 13.1 Å². The number of rotatable bonds is 13. The van der Waals surface area contributed by atoms with E-state index in [1.54, 1.807) is 0 Å². The molecule has 0 amide bonds. The van der Waals surface area contributed by atoms with E-state index in [0.717, 1.165) is 37.7 Å². The smallest absolute Gasteiger partial charge is 0.462 e. The molecule has 1 rings (SSSR count). The van der Waals surface area contributed by atoms with Crippen molar-refractivity contribution in [1.82, 2.24) is 0 Å². The van der Waals surface area contributed by atoms with Crippen molar-refractivity contribution in [3.8, 4) is 0 Å². The lowest BCUT2D eigenvalue weighted by atomic mass is 9.77. The van der Waals surface area contributed by atoms with Crippen molar-refractivity contribution in [1.29, 1.82) is 0 Å². The molecule has 0 aromatic heterocycles. The van der Waals surface area contributed by atoms with Gasteiger partial charge in [-0.15, -0.1) is 0 Å². The normalized spacial score (nSPS) is 18.9. The highest BCUT2D eigenvalue weighted by atomic mass is 16.7. The van der Waals surface area contributed by atoms with Crippen LogP contribution in [-0.4, -0.2) is 31.4 Å². The Hall–Kier alpha value is -0.805. The standard InChI is InChI=1S/C23H43BO4/c1-8-10-12-13-14-15-17-19(16-11-9-2)20(21(25)26-7)18-24-27-22(3,4)23(5,6)28-24/h8-18H2,1-7H3/b20-19+. The highest BCUT2D eigenvalue weighted by Crippen LogP contribution is 2.39. The predicted molar refractivity (Wildman–Crippen MR) is 117 cm³/mol. The number of allylic oxidation sites excluding steroid dienone is 1. The second-order valence-corrected chi connectivity index (χ2v) is 9.09. The Balaban J connectivity index is 2.88. The quantitative estimate of drug-likeness (QED) is 0.155. The molecule has 0 aromatic carbocycles. The molecular weight excluding hydrogens is 351 g/mol. The van der Waals surface area contributed by atoms with E-state index in [1.165, 1.54) is 44.8 Å². The minimum Gasteiger partial charge on any atom is -0.466 e. The monoisotopic (exact) mass is 394 g/mol. The van der Waals surface area contributed by atoms with Gasteiger partial charge in [-0.3, -0.25) is 0 Å². The van der Waals surface area contributed by atoms with Gasteiger partial charge in [0.25, 0.3) is 0 Å². The molecule has 5 heteroatoms. The maximum absolute atomic E-state index is 12.6. The van der Waals surface area contributed by atoms with E-state index in [-0.39, 0.29) is 17.2 Å². The lowest BCUT2D eigenvalue weighted by Gasteiger charge is -2.32. The Morgan fingerprint density at radius 2 is 1.32 bits per heavy atom. The van der Waals surface area contributed by atoms with Crippen LogP contribution in [0.5, 0.6) is 0 Å². The fourth-order valence-electron chi connectivity index (χ4n) is 3.65. The van der Waals surface area contributed by atoms with Crippen LogP contribution in [0.1, 0.15) is 106 Å². The zero-order valence-corrected chi connectivity index (χ0v) is 19.5. The van der Waals surface area contributed by atoms with Crippen molar-refractivity contribution in [3.05, 3.63) is 11.1 Å². The Labute approximate surface area is 173 Å². The summed E-state index contributed by atoms with van der Waals surface area (Å²) in [5.41, 5.74) is 1.23. The van der Waals surface area contributed by atoms with Crippen LogP contribution in [0.3, 0.4) is 0 Å². The van der Waals surface area contributed by atoms with E-state index in [1.807, 2.05) is 27.7 Å². The minimum atomic E-state index is -0.403. The fourth-order valence-corrected chi connectivity index (χ4v) is 3.65. The summed E-state index contributed by atoms with van der Waals surface area (Å²) in [5.74, 6) is -0.230. The number of carbonyl (C=O) groups excluding carboxylic acids is 1. The number of methoxy groups -OCH3 is 1. The summed E-state index contributed by atoms with van der Waals surface area (Å²) in [6, 6.07) is 0. The number of unbranched alkanes of at least 4 members (excludes halogenated alkanes) is 6. The first-order valence-corrected chi connectivity index (χ1v) is 11.3. The van der Waals surface area contributed by atoms with Gasteiger partial charge in [-0.25, -0.2) is 4.79 Å². The number of hydrogen-bond acceptors (Lipinski definition) is 4. The molecule has 0 N–H and O–H groups in total. The molecule has 1 fully saturated rings. The molecule has 0 saturated carbocycles. The summed E-state index contributed by atoms with van der Waals surface area (Å²) in [5, 5.41) is 0. The average Bonchev–Trinajstić information content (AvgIpc) is 2.84. The number of carbonyl (C=O) groups is 1. The molecule has 0 bridgehead atoms. The van der Waals surface area contributed by atoms with Gasteiger partial charge in [-0.2, -0.15) is 0 Å². The Morgan fingerprint density at radius 1 is 0.821 bits per heavy atom. The fraction of sp³-hybridized carbons (Fsp3) is 0.870. The second-order valence-electron chi connectivity index (χ2n) is 9.09. The summed E-state index contributed by atoms with van der Waals surface area (Å²) < 4.78 is 17.4. The Kier molecular flexibility index (Phi) is 10.8. The van der Waals surface area contributed by atoms with Crippen molar-refractivity contribution in [2.45, 2.75) is 123 Å². The molecule has 0 radical (unpaired) electrons. The van der Waals surface area contributed by atoms with Crippen LogP contribution in [0, 0.1) is 0 Å². The zero-order chi connectivity index (χ0) is 21.2. The molecule has 1 saturated heterocycles. The van der Waals surface area contributed by atoms with Gasteiger partial charge in [-0.05, 0) is 53.4 Å². The predicted octanol–water partition coefficient (Wildman–Crippen LogP) is 6.49. The van der Waals surface area contributed by atoms with E-state index in [9.17, 15) is 4.79 Å². The number of ether oxygens (including phenoxy) is 1. The number of hydrogen-bond donors (Lipinski definition) is 0. The van der Waals surface area contributed by atoms with Crippen molar-refractivity contribution < 1.29 is 18.8 Å². The molecule has 28 heavy (non-hydrogen) atoms. The molecule has 4 nitrogen and oxygen atoms in total.